The Morgan fingerprint density at radius 2 is 2.04 bits per heavy atom. The number of thioether (sulfide) groups is 1. The lowest BCUT2D eigenvalue weighted by Crippen LogP contribution is -2.41. The molecule has 1 aliphatic heterocycles. The van der Waals surface area contributed by atoms with E-state index in [0.717, 1.165) is 44.3 Å². The lowest BCUT2D eigenvalue weighted by atomic mass is 9.94. The van der Waals surface area contributed by atoms with E-state index in [1.54, 1.807) is 31.0 Å². The molecule has 5 nitrogen and oxygen atoms in total. The fraction of sp³-hybridized carbons (Fsp3) is 0.667. The summed E-state index contributed by atoms with van der Waals surface area (Å²) >= 11 is 1.67. The van der Waals surface area contributed by atoms with Crippen LogP contribution in [-0.2, 0) is 19.5 Å². The summed E-state index contributed by atoms with van der Waals surface area (Å²) < 4.78 is 38.8. The lowest BCUT2D eigenvalue weighted by Gasteiger charge is -2.34. The van der Waals surface area contributed by atoms with E-state index in [1.165, 1.54) is 0 Å². The van der Waals surface area contributed by atoms with Gasteiger partial charge in [-0.1, -0.05) is 17.7 Å². The van der Waals surface area contributed by atoms with Gasteiger partial charge in [0, 0.05) is 20.3 Å². The Labute approximate surface area is 155 Å². The van der Waals surface area contributed by atoms with Gasteiger partial charge >= 0.3 is 0 Å². The fourth-order valence-electron chi connectivity index (χ4n) is 3.30. The van der Waals surface area contributed by atoms with E-state index in [9.17, 15) is 8.42 Å². The maximum absolute atomic E-state index is 12.3. The third-order valence-corrected chi connectivity index (χ3v) is 7.17. The summed E-state index contributed by atoms with van der Waals surface area (Å²) in [5, 5.41) is 0. The van der Waals surface area contributed by atoms with Crippen LogP contribution in [0.5, 0.6) is 0 Å². The normalized spacial score (nSPS) is 22.2. The molecule has 1 fully saturated rings. The second-order valence-corrected chi connectivity index (χ2v) is 9.15. The van der Waals surface area contributed by atoms with Crippen molar-refractivity contribution < 1.29 is 17.9 Å². The van der Waals surface area contributed by atoms with E-state index in [4.69, 9.17) is 9.47 Å². The number of unbranched alkanes of at least 4 members (excludes halogenated alkanes) is 1. The molecule has 1 aliphatic rings. The van der Waals surface area contributed by atoms with Crippen molar-refractivity contribution in [3.8, 4) is 0 Å². The maximum Gasteiger partial charge on any atom is 0.240 e. The van der Waals surface area contributed by atoms with Gasteiger partial charge in [0.1, 0.15) is 11.0 Å². The van der Waals surface area contributed by atoms with Crippen LogP contribution in [0.25, 0.3) is 0 Å². The predicted molar refractivity (Wildman–Crippen MR) is 102 cm³/mol. The minimum atomic E-state index is -3.43. The van der Waals surface area contributed by atoms with Gasteiger partial charge in [-0.05, 0) is 57.4 Å². The van der Waals surface area contributed by atoms with Gasteiger partial charge in [0.25, 0.3) is 0 Å². The molecule has 0 bridgehead atoms. The fourth-order valence-corrected chi connectivity index (χ4v) is 5.30. The molecule has 0 aromatic heterocycles. The van der Waals surface area contributed by atoms with Crippen molar-refractivity contribution in [1.29, 1.82) is 0 Å². The van der Waals surface area contributed by atoms with Crippen LogP contribution in [0.2, 0.25) is 0 Å². The third kappa shape index (κ3) is 5.44. The van der Waals surface area contributed by atoms with Gasteiger partial charge in [-0.15, -0.1) is 11.8 Å². The first kappa shape index (κ1) is 20.7. The van der Waals surface area contributed by atoms with Gasteiger partial charge in [0.15, 0.2) is 0 Å². The summed E-state index contributed by atoms with van der Waals surface area (Å²) in [7, 11) is -1.70. The van der Waals surface area contributed by atoms with Crippen LogP contribution in [-0.4, -0.2) is 46.0 Å². The lowest BCUT2D eigenvalue weighted by molar-refractivity contribution is -0.0736. The zero-order valence-electron chi connectivity index (χ0n) is 15.3. The molecule has 1 saturated heterocycles. The average Bonchev–Trinajstić information content (AvgIpc) is 3.06. The van der Waals surface area contributed by atoms with Crippen LogP contribution in [0.15, 0.2) is 29.2 Å². The van der Waals surface area contributed by atoms with Gasteiger partial charge in [0.2, 0.25) is 10.0 Å². The molecule has 2 rings (SSSR count). The molecule has 2 unspecified atom stereocenters. The molecular formula is C18H29NO4S2. The minimum absolute atomic E-state index is 0.0271. The quantitative estimate of drug-likeness (QED) is 0.493. The predicted octanol–water partition coefficient (Wildman–Crippen LogP) is 3.33. The van der Waals surface area contributed by atoms with Gasteiger partial charge in [-0.3, -0.25) is 0 Å². The van der Waals surface area contributed by atoms with Gasteiger partial charge < -0.3 is 9.47 Å². The van der Waals surface area contributed by atoms with E-state index in [0.29, 0.717) is 11.4 Å². The number of benzene rings is 1. The number of methoxy groups -OCH3 is 1. The van der Waals surface area contributed by atoms with Crippen molar-refractivity contribution in [2.24, 2.45) is 0 Å². The summed E-state index contributed by atoms with van der Waals surface area (Å²) in [6, 6.07) is 6.90. The molecule has 0 amide bonds. The number of ether oxygens (including phenoxy) is 2. The Morgan fingerprint density at radius 3 is 2.60 bits per heavy atom. The summed E-state index contributed by atoms with van der Waals surface area (Å²) in [6.07, 6.45) is 6.66. The van der Waals surface area contributed by atoms with Crippen LogP contribution < -0.4 is 4.72 Å². The van der Waals surface area contributed by atoms with Crippen molar-refractivity contribution in [2.75, 3.05) is 26.5 Å². The van der Waals surface area contributed by atoms with Crippen molar-refractivity contribution in [2.45, 2.75) is 55.0 Å². The molecule has 0 saturated carbocycles. The average molecular weight is 388 g/mol. The summed E-state index contributed by atoms with van der Waals surface area (Å²) in [5.74, 6) is 0. The molecule has 142 valence electrons. The molecule has 1 heterocycles. The number of nitrogens with one attached hydrogen (secondary N) is 1. The van der Waals surface area contributed by atoms with Crippen molar-refractivity contribution in [3.05, 3.63) is 29.8 Å². The van der Waals surface area contributed by atoms with Gasteiger partial charge in [-0.25, -0.2) is 13.1 Å². The first-order valence-electron chi connectivity index (χ1n) is 8.69. The van der Waals surface area contributed by atoms with Crippen LogP contribution in [0, 0.1) is 6.92 Å². The van der Waals surface area contributed by atoms with E-state index >= 15 is 0 Å². The molecule has 1 N–H and O–H groups in total. The number of sulfonamides is 1. The van der Waals surface area contributed by atoms with Crippen LogP contribution in [0.4, 0.5) is 0 Å². The molecule has 2 atom stereocenters. The topological polar surface area (TPSA) is 64.6 Å². The maximum atomic E-state index is 12.3. The number of aryl methyl sites for hydroxylation is 1. The van der Waals surface area contributed by atoms with Crippen molar-refractivity contribution >= 4 is 21.8 Å². The first-order chi connectivity index (χ1) is 11.9. The second kappa shape index (κ2) is 9.37. The Balaban J connectivity index is 1.81. The molecule has 0 radical (unpaired) electrons. The highest BCUT2D eigenvalue weighted by Crippen LogP contribution is 2.39. The van der Waals surface area contributed by atoms with Crippen LogP contribution in [0.3, 0.4) is 0 Å². The first-order valence-corrected chi connectivity index (χ1v) is 11.5. The minimum Gasteiger partial charge on any atom is -0.371 e. The second-order valence-electron chi connectivity index (χ2n) is 6.49. The summed E-state index contributed by atoms with van der Waals surface area (Å²) in [4.78, 5) is 0.315. The molecular weight excluding hydrogens is 358 g/mol. The SMILES string of the molecule is COC(SC)C1(CCCCNS(=O)(=O)c2ccc(C)cc2)CCCO1. The van der Waals surface area contributed by atoms with Gasteiger partial charge in [0.05, 0.1) is 4.90 Å². The highest BCUT2D eigenvalue weighted by Gasteiger charge is 2.42. The van der Waals surface area contributed by atoms with E-state index in [2.05, 4.69) is 4.72 Å². The summed E-state index contributed by atoms with van der Waals surface area (Å²) in [5.41, 5.74) is 0.839. The standard InChI is InChI=1S/C18H29NO4S2/c1-15-7-9-16(10-8-15)25(20,21)19-13-5-4-11-18(12-6-14-23-18)17(22-2)24-3/h7-10,17,19H,4-6,11-14H2,1-3H3. The van der Waals surface area contributed by atoms with Crippen molar-refractivity contribution in [1.82, 2.24) is 4.72 Å². The van der Waals surface area contributed by atoms with Gasteiger partial charge in [-0.2, -0.15) is 0 Å². The zero-order chi connectivity index (χ0) is 18.3. The number of hydrogen-bond acceptors (Lipinski definition) is 5. The molecule has 25 heavy (non-hydrogen) atoms. The monoisotopic (exact) mass is 387 g/mol. The number of hydrogen-bond donors (Lipinski definition) is 1. The Bertz CT molecular complexity index is 621. The summed E-state index contributed by atoms with van der Waals surface area (Å²) in [6.45, 7) is 3.15. The van der Waals surface area contributed by atoms with Crippen molar-refractivity contribution in [3.63, 3.8) is 0 Å². The molecule has 0 aliphatic carbocycles. The zero-order valence-corrected chi connectivity index (χ0v) is 16.9. The van der Waals surface area contributed by atoms with Crippen LogP contribution in [0.1, 0.15) is 37.7 Å². The molecule has 1 aromatic rings. The Kier molecular flexibility index (Phi) is 7.76. The molecule has 0 spiro atoms. The smallest absolute Gasteiger partial charge is 0.240 e. The highest BCUT2D eigenvalue weighted by atomic mass is 32.2. The Hall–Kier alpha value is -0.600. The van der Waals surface area contributed by atoms with E-state index < -0.39 is 10.0 Å². The molecule has 1 aromatic carbocycles. The highest BCUT2D eigenvalue weighted by molar-refractivity contribution is 7.99. The largest absolute Gasteiger partial charge is 0.371 e. The van der Waals surface area contributed by atoms with Crippen LogP contribution >= 0.6 is 11.8 Å². The third-order valence-electron chi connectivity index (χ3n) is 4.64. The molecule has 7 heteroatoms. The van der Waals surface area contributed by atoms with E-state index in [-0.39, 0.29) is 11.0 Å². The number of rotatable bonds is 10. The Morgan fingerprint density at radius 1 is 1.32 bits per heavy atom. The van der Waals surface area contributed by atoms with E-state index in [1.807, 2.05) is 25.3 Å².